The Kier molecular flexibility index (Phi) is 7.31. The number of anilines is 2. The van der Waals surface area contributed by atoms with Crippen LogP contribution in [0.2, 0.25) is 0 Å². The Balaban J connectivity index is 0.00000289. The second-order valence-corrected chi connectivity index (χ2v) is 9.62. The minimum Gasteiger partial charge on any atom is -0.356 e. The molecule has 9 heteroatoms. The molecule has 3 amide bonds. The lowest BCUT2D eigenvalue weighted by Crippen LogP contribution is -2.47. The van der Waals surface area contributed by atoms with Crippen molar-refractivity contribution in [3.63, 3.8) is 0 Å². The number of rotatable bonds is 2. The molecule has 2 bridgehead atoms. The number of benzene rings is 2. The molecule has 3 heterocycles. The molecule has 6 rings (SSSR count). The maximum Gasteiger partial charge on any atom is 0.321 e. The van der Waals surface area contributed by atoms with Gasteiger partial charge in [-0.25, -0.2) is 14.2 Å². The van der Waals surface area contributed by atoms with Crippen molar-refractivity contribution in [3.05, 3.63) is 59.4 Å². The Morgan fingerprint density at radius 3 is 2.37 bits per heavy atom. The first-order chi connectivity index (χ1) is 16.4. The lowest BCUT2D eigenvalue weighted by molar-refractivity contribution is -0.119. The molecule has 4 aliphatic rings. The van der Waals surface area contributed by atoms with Crippen LogP contribution in [0.1, 0.15) is 36.8 Å². The molecule has 3 fully saturated rings. The number of carbonyl (C=O) groups excluding carboxylic acids is 2. The van der Waals surface area contributed by atoms with E-state index < -0.39 is 12.2 Å². The van der Waals surface area contributed by atoms with Crippen molar-refractivity contribution in [3.8, 4) is 0 Å². The van der Waals surface area contributed by atoms with E-state index in [-0.39, 0.29) is 24.1 Å². The Bertz CT molecular complexity index is 1130. The van der Waals surface area contributed by atoms with E-state index in [2.05, 4.69) is 15.5 Å². The van der Waals surface area contributed by atoms with Crippen LogP contribution in [0.4, 0.5) is 20.6 Å². The molecular formula is C26H31ClFN5O2. The molecule has 2 N–H and O–H groups in total. The third-order valence-corrected chi connectivity index (χ3v) is 7.23. The molecular weight excluding hydrogens is 469 g/mol. The molecule has 2 aromatic rings. The van der Waals surface area contributed by atoms with Gasteiger partial charge in [-0.2, -0.15) is 0 Å². The van der Waals surface area contributed by atoms with Crippen molar-refractivity contribution >= 4 is 41.6 Å². The zero-order valence-corrected chi connectivity index (χ0v) is 20.8. The van der Waals surface area contributed by atoms with E-state index in [9.17, 15) is 14.0 Å². The molecule has 0 aromatic heterocycles. The van der Waals surface area contributed by atoms with E-state index >= 15 is 0 Å². The second-order valence-electron chi connectivity index (χ2n) is 9.62. The summed E-state index contributed by atoms with van der Waals surface area (Å²) in [7, 11) is 1.71. The maximum atomic E-state index is 13.6. The Morgan fingerprint density at radius 1 is 1.06 bits per heavy atom. The van der Waals surface area contributed by atoms with Crippen molar-refractivity contribution in [2.45, 2.75) is 38.8 Å². The first-order valence-corrected chi connectivity index (χ1v) is 11.9. The molecule has 1 saturated carbocycles. The number of hydrogen-bond donors (Lipinski definition) is 2. The fourth-order valence-electron chi connectivity index (χ4n) is 5.33. The molecule has 1 atom stereocenters. The van der Waals surface area contributed by atoms with E-state index in [4.69, 9.17) is 4.99 Å². The summed E-state index contributed by atoms with van der Waals surface area (Å²) in [5.41, 5.74) is 2.55. The zero-order valence-electron chi connectivity index (χ0n) is 20.0. The molecule has 0 spiro atoms. The fourth-order valence-corrected chi connectivity index (χ4v) is 5.33. The quantitative estimate of drug-likeness (QED) is 0.636. The zero-order chi connectivity index (χ0) is 23.8. The number of para-hydroxylation sites is 1. The predicted octanol–water partition coefficient (Wildman–Crippen LogP) is 4.55. The van der Waals surface area contributed by atoms with Gasteiger partial charge in [-0.1, -0.05) is 12.1 Å². The molecule has 1 unspecified atom stereocenters. The Hall–Kier alpha value is -3.13. The topological polar surface area (TPSA) is 77.0 Å². The number of amidine groups is 1. The van der Waals surface area contributed by atoms with Gasteiger partial charge in [0.15, 0.2) is 0 Å². The van der Waals surface area contributed by atoms with Gasteiger partial charge in [-0.3, -0.25) is 4.79 Å². The summed E-state index contributed by atoms with van der Waals surface area (Å²) in [6, 6.07) is 11.5. The number of hydrogen-bond acceptors (Lipinski definition) is 4. The highest BCUT2D eigenvalue weighted by molar-refractivity contribution is 6.12. The largest absolute Gasteiger partial charge is 0.356 e. The van der Waals surface area contributed by atoms with Gasteiger partial charge in [0.05, 0.1) is 5.69 Å². The third-order valence-electron chi connectivity index (χ3n) is 7.23. The number of nitrogens with one attached hydrogen (secondary N) is 2. The van der Waals surface area contributed by atoms with E-state index in [0.717, 1.165) is 30.2 Å². The maximum absolute atomic E-state index is 13.6. The van der Waals surface area contributed by atoms with Crippen molar-refractivity contribution in [1.29, 1.82) is 0 Å². The van der Waals surface area contributed by atoms with Crippen LogP contribution >= 0.6 is 12.4 Å². The molecule has 3 aliphatic heterocycles. The van der Waals surface area contributed by atoms with Gasteiger partial charge in [0.25, 0.3) is 5.91 Å². The Labute approximate surface area is 211 Å². The van der Waals surface area contributed by atoms with Crippen molar-refractivity contribution in [1.82, 2.24) is 10.2 Å². The normalized spacial score (nSPS) is 23.5. The van der Waals surface area contributed by atoms with E-state index in [1.54, 1.807) is 24.9 Å². The van der Waals surface area contributed by atoms with Crippen LogP contribution in [0.5, 0.6) is 0 Å². The summed E-state index contributed by atoms with van der Waals surface area (Å²) in [6.07, 6.45) is 3.85. The van der Waals surface area contributed by atoms with Crippen LogP contribution in [0.3, 0.4) is 0 Å². The average molecular weight is 500 g/mol. The molecule has 186 valence electrons. The molecule has 0 radical (unpaired) electrons. The van der Waals surface area contributed by atoms with Gasteiger partial charge in [0.2, 0.25) is 6.17 Å². The van der Waals surface area contributed by atoms with Crippen molar-refractivity contribution < 1.29 is 14.0 Å². The third kappa shape index (κ3) is 5.12. The molecule has 2 aromatic carbocycles. The first-order valence-electron chi connectivity index (χ1n) is 11.9. The van der Waals surface area contributed by atoms with Gasteiger partial charge < -0.3 is 20.4 Å². The standard InChI is InChI=1S/C26H30FN5O2.ClH/c1-16-13-19(11-12-21(16)27)28-26(34)30-23-25(33)31(2)22-6-4-3-5-20(22)24(29-23)32-14-17-7-8-18(15-32)10-9-17;/h3-6,11-13,17-18,23H,7-10,14-15H2,1-2H3,(H2,28,30,34);1H. The van der Waals surface area contributed by atoms with Gasteiger partial charge in [-0.15, -0.1) is 12.4 Å². The highest BCUT2D eigenvalue weighted by atomic mass is 35.5. The highest BCUT2D eigenvalue weighted by Gasteiger charge is 2.36. The minimum absolute atomic E-state index is 0. The second kappa shape index (κ2) is 10.2. The van der Waals surface area contributed by atoms with Crippen molar-refractivity contribution in [2.24, 2.45) is 16.8 Å². The number of amides is 3. The highest BCUT2D eigenvalue weighted by Crippen LogP contribution is 2.36. The smallest absolute Gasteiger partial charge is 0.321 e. The number of likely N-dealkylation sites (N-methyl/N-ethyl adjacent to an activating group) is 1. The van der Waals surface area contributed by atoms with Crippen LogP contribution < -0.4 is 15.5 Å². The summed E-state index contributed by atoms with van der Waals surface area (Å²) in [4.78, 5) is 34.9. The summed E-state index contributed by atoms with van der Waals surface area (Å²) in [5.74, 6) is 1.36. The van der Waals surface area contributed by atoms with Gasteiger partial charge >= 0.3 is 6.03 Å². The number of carbonyl (C=O) groups is 2. The SMILES string of the molecule is Cc1cc(NC(=O)NC2N=C(N3CC4CCC(CC4)C3)c3ccccc3N(C)C2=O)ccc1F.Cl. The number of halogens is 2. The van der Waals surface area contributed by atoms with Crippen LogP contribution in [0.15, 0.2) is 47.5 Å². The summed E-state index contributed by atoms with van der Waals surface area (Å²) in [6.45, 7) is 3.45. The van der Waals surface area contributed by atoms with Crippen LogP contribution in [-0.4, -0.2) is 49.0 Å². The summed E-state index contributed by atoms with van der Waals surface area (Å²) < 4.78 is 13.6. The number of nitrogens with zero attached hydrogens (tertiary/aromatic N) is 3. The van der Waals surface area contributed by atoms with E-state index in [1.807, 2.05) is 24.3 Å². The fraction of sp³-hybridized carbons (Fsp3) is 0.423. The van der Waals surface area contributed by atoms with Gasteiger partial charge in [0.1, 0.15) is 11.7 Å². The minimum atomic E-state index is -1.07. The first kappa shape index (κ1) is 25.0. The van der Waals surface area contributed by atoms with Crippen LogP contribution in [0.25, 0.3) is 0 Å². The predicted molar refractivity (Wildman–Crippen MR) is 138 cm³/mol. The van der Waals surface area contributed by atoms with Crippen LogP contribution in [0, 0.1) is 24.6 Å². The van der Waals surface area contributed by atoms with Crippen molar-refractivity contribution in [2.75, 3.05) is 30.4 Å². The summed E-state index contributed by atoms with van der Waals surface area (Å²) >= 11 is 0. The monoisotopic (exact) mass is 499 g/mol. The number of aryl methyl sites for hydroxylation is 1. The Morgan fingerprint density at radius 2 is 1.71 bits per heavy atom. The molecule has 7 nitrogen and oxygen atoms in total. The molecule has 35 heavy (non-hydrogen) atoms. The lowest BCUT2D eigenvalue weighted by Gasteiger charge is -2.27. The van der Waals surface area contributed by atoms with Gasteiger partial charge in [0, 0.05) is 31.4 Å². The van der Waals surface area contributed by atoms with E-state index in [1.165, 1.54) is 37.8 Å². The molecule has 2 saturated heterocycles. The number of benzodiazepines with no additional fused rings is 1. The number of aliphatic imine (C=N–C) groups is 1. The van der Waals surface area contributed by atoms with Gasteiger partial charge in [-0.05, 0) is 80.3 Å². The lowest BCUT2D eigenvalue weighted by atomic mass is 9.84. The number of fused-ring (bicyclic) bond motifs is 5. The summed E-state index contributed by atoms with van der Waals surface area (Å²) in [5, 5.41) is 5.42. The van der Waals surface area contributed by atoms with E-state index in [0.29, 0.717) is 23.1 Å². The number of urea groups is 1. The average Bonchev–Trinajstić information content (AvgIpc) is 3.20. The van der Waals surface area contributed by atoms with Crippen LogP contribution in [-0.2, 0) is 4.79 Å². The molecule has 1 aliphatic carbocycles.